The molecule has 0 aliphatic rings. The number of rotatable bonds is 4. The summed E-state index contributed by atoms with van der Waals surface area (Å²) in [5.41, 5.74) is 6.00. The molecule has 0 radical (unpaired) electrons. The summed E-state index contributed by atoms with van der Waals surface area (Å²) in [6.45, 7) is 0. The Bertz CT molecular complexity index is 2580. The second-order valence-corrected chi connectivity index (χ2v) is 14.2. The number of nitrogens with zero attached hydrogens (tertiary/aromatic N) is 2. The first-order chi connectivity index (χ1) is 22.2. The first-order valence-electron chi connectivity index (χ1n) is 15.2. The quantitative estimate of drug-likeness (QED) is 0.150. The van der Waals surface area contributed by atoms with Crippen LogP contribution >= 0.6 is 7.14 Å². The van der Waals surface area contributed by atoms with Crippen LogP contribution in [0.15, 0.2) is 164 Å². The summed E-state index contributed by atoms with van der Waals surface area (Å²) >= 11 is 0. The molecular weight excluding hydrogens is 567 g/mol. The van der Waals surface area contributed by atoms with Gasteiger partial charge in [-0.05, 0) is 46.0 Å². The third-order valence-corrected chi connectivity index (χ3v) is 12.1. The molecule has 0 atom stereocenters. The number of imidazole rings is 1. The Morgan fingerprint density at radius 2 is 1.09 bits per heavy atom. The van der Waals surface area contributed by atoms with Crippen molar-refractivity contribution in [2.75, 3.05) is 0 Å². The molecule has 0 saturated carbocycles. The molecule has 2 heterocycles. The number of benzene rings is 7. The van der Waals surface area contributed by atoms with Gasteiger partial charge in [0.05, 0.1) is 16.6 Å². The van der Waals surface area contributed by atoms with Gasteiger partial charge in [-0.1, -0.05) is 140 Å². The van der Waals surface area contributed by atoms with Crippen molar-refractivity contribution in [3.63, 3.8) is 0 Å². The summed E-state index contributed by atoms with van der Waals surface area (Å²) in [6.07, 6.45) is 0. The zero-order valence-corrected chi connectivity index (χ0v) is 25.2. The third-order valence-electron chi connectivity index (χ3n) is 9.03. The smallest absolute Gasteiger partial charge is 0.171 e. The standard InChI is InChI=1S/C41H27N2OP/c44-45(30-14-3-1-4-15-30,31-16-5-2-6-17-31)39-26-24-28-13-7-8-18-32(28)40(39)29-23-25-38-36(27-29)42-41-35-21-10-9-19-33(35)34-20-11-12-22-37(34)43(38)41/h1-27H. The van der Waals surface area contributed by atoms with Crippen LogP contribution < -0.4 is 15.9 Å². The van der Waals surface area contributed by atoms with Gasteiger partial charge in [-0.25, -0.2) is 4.98 Å². The summed E-state index contributed by atoms with van der Waals surface area (Å²) in [5, 5.41) is 8.16. The average Bonchev–Trinajstić information content (AvgIpc) is 3.51. The number of pyridine rings is 1. The van der Waals surface area contributed by atoms with Crippen molar-refractivity contribution in [1.29, 1.82) is 0 Å². The normalized spacial score (nSPS) is 12.1. The molecule has 9 aromatic rings. The van der Waals surface area contributed by atoms with Crippen molar-refractivity contribution >= 4 is 72.2 Å². The van der Waals surface area contributed by atoms with Gasteiger partial charge in [0.2, 0.25) is 0 Å². The fourth-order valence-corrected chi connectivity index (χ4v) is 9.89. The van der Waals surface area contributed by atoms with Gasteiger partial charge in [-0.2, -0.15) is 0 Å². The van der Waals surface area contributed by atoms with Crippen molar-refractivity contribution in [2.45, 2.75) is 0 Å². The molecule has 3 nitrogen and oxygen atoms in total. The Hall–Kier alpha value is -5.50. The Morgan fingerprint density at radius 1 is 0.489 bits per heavy atom. The van der Waals surface area contributed by atoms with Crippen LogP contribution in [0.5, 0.6) is 0 Å². The van der Waals surface area contributed by atoms with Gasteiger partial charge in [0.1, 0.15) is 5.65 Å². The molecule has 0 N–H and O–H groups in total. The van der Waals surface area contributed by atoms with Gasteiger partial charge in [0.25, 0.3) is 0 Å². The second kappa shape index (κ2) is 10.0. The molecule has 9 rings (SSSR count). The van der Waals surface area contributed by atoms with E-state index >= 15 is 4.57 Å². The number of fused-ring (bicyclic) bond motifs is 9. The predicted octanol–water partition coefficient (Wildman–Crippen LogP) is 9.25. The minimum absolute atomic E-state index is 0.819. The first kappa shape index (κ1) is 25.9. The zero-order valence-electron chi connectivity index (χ0n) is 24.3. The molecule has 0 spiro atoms. The van der Waals surface area contributed by atoms with E-state index in [1.807, 2.05) is 60.7 Å². The van der Waals surface area contributed by atoms with Crippen LogP contribution in [0.3, 0.4) is 0 Å². The highest BCUT2D eigenvalue weighted by Crippen LogP contribution is 2.47. The molecule has 0 fully saturated rings. The largest absolute Gasteiger partial charge is 0.309 e. The monoisotopic (exact) mass is 594 g/mol. The zero-order chi connectivity index (χ0) is 30.0. The Balaban J connectivity index is 1.39. The Labute approximate surface area is 260 Å². The van der Waals surface area contributed by atoms with Crippen molar-refractivity contribution < 1.29 is 4.57 Å². The minimum atomic E-state index is -3.26. The van der Waals surface area contributed by atoms with E-state index in [4.69, 9.17) is 4.98 Å². The Morgan fingerprint density at radius 3 is 1.82 bits per heavy atom. The molecular formula is C41H27N2OP. The lowest BCUT2D eigenvalue weighted by Crippen LogP contribution is -2.26. The SMILES string of the molecule is O=P(c1ccccc1)(c1ccccc1)c1ccc2ccccc2c1-c1ccc2c(c1)nc1c3ccccc3c3ccccc3n21. The number of hydrogen-bond acceptors (Lipinski definition) is 2. The summed E-state index contributed by atoms with van der Waals surface area (Å²) < 4.78 is 18.0. The van der Waals surface area contributed by atoms with E-state index in [9.17, 15) is 0 Å². The molecule has 2 aromatic heterocycles. The van der Waals surface area contributed by atoms with E-state index in [1.54, 1.807) is 0 Å². The summed E-state index contributed by atoms with van der Waals surface area (Å²) in [4.78, 5) is 5.26. The van der Waals surface area contributed by atoms with Crippen molar-refractivity contribution in [3.05, 3.63) is 164 Å². The van der Waals surface area contributed by atoms with E-state index < -0.39 is 7.14 Å². The van der Waals surface area contributed by atoms with Gasteiger partial charge in [-0.3, -0.25) is 4.40 Å². The lowest BCUT2D eigenvalue weighted by molar-refractivity contribution is 0.592. The third kappa shape index (κ3) is 3.84. The Kier molecular flexibility index (Phi) is 5.78. The highest BCUT2D eigenvalue weighted by atomic mass is 31.2. The molecule has 0 bridgehead atoms. The summed E-state index contributed by atoms with van der Waals surface area (Å²) in [6, 6.07) is 56.0. The summed E-state index contributed by atoms with van der Waals surface area (Å²) in [7, 11) is -3.26. The van der Waals surface area contributed by atoms with Crippen LogP contribution in [0.1, 0.15) is 0 Å². The average molecular weight is 595 g/mol. The molecule has 0 aliphatic carbocycles. The minimum Gasteiger partial charge on any atom is -0.309 e. The van der Waals surface area contributed by atoms with E-state index in [2.05, 4.69) is 108 Å². The van der Waals surface area contributed by atoms with Crippen LogP contribution in [0.25, 0.3) is 60.3 Å². The maximum Gasteiger partial charge on any atom is 0.171 e. The van der Waals surface area contributed by atoms with Crippen molar-refractivity contribution in [3.8, 4) is 11.1 Å². The second-order valence-electron chi connectivity index (χ2n) is 11.5. The highest BCUT2D eigenvalue weighted by molar-refractivity contribution is 7.85. The fourth-order valence-electron chi connectivity index (χ4n) is 7.00. The van der Waals surface area contributed by atoms with Crippen LogP contribution in [0.4, 0.5) is 0 Å². The number of hydrogen-bond donors (Lipinski definition) is 0. The van der Waals surface area contributed by atoms with Crippen molar-refractivity contribution in [2.24, 2.45) is 0 Å². The van der Waals surface area contributed by atoms with Crippen LogP contribution in [0.2, 0.25) is 0 Å². The van der Waals surface area contributed by atoms with Crippen LogP contribution in [-0.2, 0) is 4.57 Å². The highest BCUT2D eigenvalue weighted by Gasteiger charge is 2.33. The molecule has 45 heavy (non-hydrogen) atoms. The molecule has 0 amide bonds. The van der Waals surface area contributed by atoms with E-state index in [0.29, 0.717) is 0 Å². The lowest BCUT2D eigenvalue weighted by atomic mass is 9.98. The van der Waals surface area contributed by atoms with Crippen LogP contribution in [0, 0.1) is 0 Å². The van der Waals surface area contributed by atoms with E-state index in [1.165, 1.54) is 10.8 Å². The first-order valence-corrected chi connectivity index (χ1v) is 16.9. The predicted molar refractivity (Wildman–Crippen MR) is 190 cm³/mol. The topological polar surface area (TPSA) is 34.4 Å². The lowest BCUT2D eigenvalue weighted by Gasteiger charge is -2.24. The molecule has 0 unspecified atom stereocenters. The van der Waals surface area contributed by atoms with E-state index in [0.717, 1.165) is 65.4 Å². The number of para-hydroxylation sites is 1. The maximum absolute atomic E-state index is 15.7. The van der Waals surface area contributed by atoms with Crippen molar-refractivity contribution in [1.82, 2.24) is 9.38 Å². The fraction of sp³-hybridized carbons (Fsp3) is 0. The molecule has 4 heteroatoms. The van der Waals surface area contributed by atoms with Gasteiger partial charge in [-0.15, -0.1) is 0 Å². The van der Waals surface area contributed by atoms with Gasteiger partial charge >= 0.3 is 0 Å². The van der Waals surface area contributed by atoms with Gasteiger partial charge < -0.3 is 4.57 Å². The maximum atomic E-state index is 15.7. The molecule has 7 aromatic carbocycles. The van der Waals surface area contributed by atoms with Gasteiger partial charge in [0.15, 0.2) is 7.14 Å². The molecule has 0 saturated heterocycles. The van der Waals surface area contributed by atoms with Crippen LogP contribution in [-0.4, -0.2) is 9.38 Å². The summed E-state index contributed by atoms with van der Waals surface area (Å²) in [5.74, 6) is 0. The van der Waals surface area contributed by atoms with Gasteiger partial charge in [0, 0.05) is 32.2 Å². The molecule has 212 valence electrons. The number of aromatic nitrogens is 2. The molecule has 0 aliphatic heterocycles. The van der Waals surface area contributed by atoms with E-state index in [-0.39, 0.29) is 0 Å².